The van der Waals surface area contributed by atoms with Crippen LogP contribution in [-0.2, 0) is 0 Å². The van der Waals surface area contributed by atoms with Crippen LogP contribution < -0.4 is 10.2 Å². The Hall–Kier alpha value is -1.88. The molecule has 1 aliphatic rings. The Labute approximate surface area is 128 Å². The highest BCUT2D eigenvalue weighted by atomic mass is 32.1. The number of nitrogens with one attached hydrogen (secondary N) is 1. The van der Waals surface area contributed by atoms with Gasteiger partial charge in [-0.1, -0.05) is 17.7 Å². The molecule has 1 aliphatic heterocycles. The first-order valence-electron chi connectivity index (χ1n) is 7.24. The van der Waals surface area contributed by atoms with Crippen molar-refractivity contribution in [2.24, 2.45) is 0 Å². The molecule has 1 amide bonds. The number of amides is 1. The monoisotopic (exact) mass is 301 g/mol. The van der Waals surface area contributed by atoms with Crippen molar-refractivity contribution in [3.63, 3.8) is 0 Å². The number of anilines is 1. The fraction of sp³-hybridized carbons (Fsp3) is 0.375. The van der Waals surface area contributed by atoms with Gasteiger partial charge in [-0.2, -0.15) is 0 Å². The van der Waals surface area contributed by atoms with E-state index in [0.717, 1.165) is 42.2 Å². The summed E-state index contributed by atoms with van der Waals surface area (Å²) in [6, 6.07) is 7.99. The van der Waals surface area contributed by atoms with Crippen LogP contribution in [-0.4, -0.2) is 30.0 Å². The molecule has 3 rings (SSSR count). The van der Waals surface area contributed by atoms with E-state index < -0.39 is 0 Å². The topological polar surface area (TPSA) is 45.2 Å². The molecule has 2 heterocycles. The summed E-state index contributed by atoms with van der Waals surface area (Å²) in [6.07, 6.45) is 3.78. The number of nitrogens with zero attached hydrogens (tertiary/aromatic N) is 2. The molecule has 1 saturated heterocycles. The lowest BCUT2D eigenvalue weighted by molar-refractivity contribution is 0.0931. The number of carbonyl (C=O) groups excluding carboxylic acids is 1. The van der Waals surface area contributed by atoms with Gasteiger partial charge in [-0.25, -0.2) is 4.98 Å². The summed E-state index contributed by atoms with van der Waals surface area (Å²) in [5.41, 5.74) is 1.86. The molecular formula is C16H19N3OS. The van der Waals surface area contributed by atoms with E-state index in [1.54, 1.807) is 11.3 Å². The minimum atomic E-state index is 0.0337. The van der Waals surface area contributed by atoms with Crippen LogP contribution in [0, 0.1) is 6.92 Å². The van der Waals surface area contributed by atoms with Crippen molar-refractivity contribution in [2.45, 2.75) is 25.8 Å². The van der Waals surface area contributed by atoms with Gasteiger partial charge in [0, 0.05) is 36.3 Å². The third kappa shape index (κ3) is 3.42. The fourth-order valence-corrected chi connectivity index (χ4v) is 3.34. The van der Waals surface area contributed by atoms with Gasteiger partial charge in [-0.15, -0.1) is 11.3 Å². The van der Waals surface area contributed by atoms with Gasteiger partial charge in [0.05, 0.1) is 0 Å². The predicted molar refractivity (Wildman–Crippen MR) is 86.0 cm³/mol. The van der Waals surface area contributed by atoms with Crippen molar-refractivity contribution in [2.75, 3.05) is 18.0 Å². The Morgan fingerprint density at radius 3 is 2.86 bits per heavy atom. The van der Waals surface area contributed by atoms with E-state index in [0.29, 0.717) is 0 Å². The number of aromatic nitrogens is 1. The lowest BCUT2D eigenvalue weighted by Gasteiger charge is -2.32. The van der Waals surface area contributed by atoms with Crippen LogP contribution in [0.25, 0.3) is 0 Å². The Morgan fingerprint density at radius 1 is 1.38 bits per heavy atom. The summed E-state index contributed by atoms with van der Waals surface area (Å²) in [4.78, 5) is 18.9. The van der Waals surface area contributed by atoms with Crippen LogP contribution in [0.2, 0.25) is 0 Å². The van der Waals surface area contributed by atoms with Gasteiger partial charge < -0.3 is 10.2 Å². The number of hydrogen-bond acceptors (Lipinski definition) is 4. The summed E-state index contributed by atoms with van der Waals surface area (Å²) in [6.45, 7) is 3.90. The quantitative estimate of drug-likeness (QED) is 0.948. The van der Waals surface area contributed by atoms with E-state index in [2.05, 4.69) is 15.2 Å². The van der Waals surface area contributed by atoms with Crippen molar-refractivity contribution >= 4 is 22.4 Å². The highest BCUT2D eigenvalue weighted by molar-refractivity contribution is 7.13. The van der Waals surface area contributed by atoms with Gasteiger partial charge in [-0.3, -0.25) is 4.79 Å². The SMILES string of the molecule is Cc1cccc(C(=O)NC2CCN(c3nccs3)CC2)c1. The Balaban J connectivity index is 1.54. The number of aryl methyl sites for hydroxylation is 1. The molecule has 1 fully saturated rings. The molecule has 0 unspecified atom stereocenters. The van der Waals surface area contributed by atoms with Crippen molar-refractivity contribution in [1.82, 2.24) is 10.3 Å². The zero-order chi connectivity index (χ0) is 14.7. The molecule has 0 atom stereocenters. The Morgan fingerprint density at radius 2 is 2.19 bits per heavy atom. The lowest BCUT2D eigenvalue weighted by atomic mass is 10.0. The van der Waals surface area contributed by atoms with E-state index >= 15 is 0 Å². The molecule has 0 saturated carbocycles. The van der Waals surface area contributed by atoms with E-state index in [9.17, 15) is 4.79 Å². The van der Waals surface area contributed by atoms with E-state index in [1.165, 1.54) is 0 Å². The fourth-order valence-electron chi connectivity index (χ4n) is 2.64. The zero-order valence-electron chi connectivity index (χ0n) is 12.1. The summed E-state index contributed by atoms with van der Waals surface area (Å²) in [5.74, 6) is 0.0337. The van der Waals surface area contributed by atoms with Gasteiger partial charge in [0.25, 0.3) is 5.91 Å². The van der Waals surface area contributed by atoms with Crippen molar-refractivity contribution in [1.29, 1.82) is 0 Å². The molecular weight excluding hydrogens is 282 g/mol. The van der Waals surface area contributed by atoms with Crippen molar-refractivity contribution in [3.05, 3.63) is 47.0 Å². The van der Waals surface area contributed by atoms with Crippen LogP contribution in [0.4, 0.5) is 5.13 Å². The Bertz CT molecular complexity index is 604. The van der Waals surface area contributed by atoms with Crippen LogP contribution in [0.5, 0.6) is 0 Å². The predicted octanol–water partition coefficient (Wildman–Crippen LogP) is 2.85. The number of thiazole rings is 1. The molecule has 0 bridgehead atoms. The minimum Gasteiger partial charge on any atom is -0.349 e. The highest BCUT2D eigenvalue weighted by Gasteiger charge is 2.22. The zero-order valence-corrected chi connectivity index (χ0v) is 12.9. The number of piperidine rings is 1. The molecule has 2 aromatic rings. The summed E-state index contributed by atoms with van der Waals surface area (Å²) in [7, 11) is 0. The van der Waals surface area contributed by atoms with Gasteiger partial charge in [0.15, 0.2) is 5.13 Å². The smallest absolute Gasteiger partial charge is 0.251 e. The molecule has 21 heavy (non-hydrogen) atoms. The lowest BCUT2D eigenvalue weighted by Crippen LogP contribution is -2.44. The molecule has 4 nitrogen and oxygen atoms in total. The second-order valence-electron chi connectivity index (χ2n) is 5.42. The van der Waals surface area contributed by atoms with E-state index in [1.807, 2.05) is 42.8 Å². The third-order valence-corrected chi connectivity index (χ3v) is 4.63. The number of hydrogen-bond donors (Lipinski definition) is 1. The molecule has 110 valence electrons. The second-order valence-corrected chi connectivity index (χ2v) is 6.29. The molecule has 0 aliphatic carbocycles. The van der Waals surface area contributed by atoms with Gasteiger partial charge in [-0.05, 0) is 31.9 Å². The average Bonchev–Trinajstić information content (AvgIpc) is 3.02. The first-order valence-corrected chi connectivity index (χ1v) is 8.12. The van der Waals surface area contributed by atoms with Crippen molar-refractivity contribution < 1.29 is 4.79 Å². The average molecular weight is 301 g/mol. The molecule has 1 N–H and O–H groups in total. The first-order chi connectivity index (χ1) is 10.2. The summed E-state index contributed by atoms with van der Waals surface area (Å²) in [5, 5.41) is 6.23. The van der Waals surface area contributed by atoms with Gasteiger partial charge in [0.1, 0.15) is 0 Å². The first kappa shape index (κ1) is 14.1. The van der Waals surface area contributed by atoms with Gasteiger partial charge >= 0.3 is 0 Å². The number of rotatable bonds is 3. The molecule has 1 aromatic carbocycles. The summed E-state index contributed by atoms with van der Waals surface area (Å²) < 4.78 is 0. The van der Waals surface area contributed by atoms with E-state index in [-0.39, 0.29) is 11.9 Å². The molecule has 5 heteroatoms. The van der Waals surface area contributed by atoms with Crippen LogP contribution in [0.1, 0.15) is 28.8 Å². The largest absolute Gasteiger partial charge is 0.349 e. The van der Waals surface area contributed by atoms with Gasteiger partial charge in [0.2, 0.25) is 0 Å². The Kier molecular flexibility index (Phi) is 4.20. The maximum absolute atomic E-state index is 12.2. The number of benzene rings is 1. The normalized spacial score (nSPS) is 16.0. The molecule has 1 aromatic heterocycles. The van der Waals surface area contributed by atoms with Crippen molar-refractivity contribution in [3.8, 4) is 0 Å². The maximum Gasteiger partial charge on any atom is 0.251 e. The summed E-state index contributed by atoms with van der Waals surface area (Å²) >= 11 is 1.67. The maximum atomic E-state index is 12.2. The molecule has 0 spiro atoms. The number of carbonyl (C=O) groups is 1. The van der Waals surface area contributed by atoms with E-state index in [4.69, 9.17) is 0 Å². The third-order valence-electron chi connectivity index (χ3n) is 3.80. The minimum absolute atomic E-state index is 0.0337. The standard InChI is InChI=1S/C16H19N3OS/c1-12-3-2-4-13(11-12)15(20)18-14-5-8-19(9-6-14)16-17-7-10-21-16/h2-4,7,10-11,14H,5-6,8-9H2,1H3,(H,18,20). The molecule has 0 radical (unpaired) electrons. The van der Waals surface area contributed by atoms with Crippen LogP contribution >= 0.6 is 11.3 Å². The second kappa shape index (κ2) is 6.26. The highest BCUT2D eigenvalue weighted by Crippen LogP contribution is 2.22. The van der Waals surface area contributed by atoms with Crippen LogP contribution in [0.3, 0.4) is 0 Å². The van der Waals surface area contributed by atoms with Crippen LogP contribution in [0.15, 0.2) is 35.8 Å².